The van der Waals surface area contributed by atoms with Crippen LogP contribution >= 0.6 is 0 Å². The molecule has 0 spiro atoms. The molecule has 0 radical (unpaired) electrons. The molecule has 196 valence electrons. The van der Waals surface area contributed by atoms with Crippen LogP contribution in [0.4, 0.5) is 17.6 Å². The van der Waals surface area contributed by atoms with Crippen LogP contribution in [-0.2, 0) is 22.8 Å². The lowest BCUT2D eigenvalue weighted by atomic mass is 10.0. The van der Waals surface area contributed by atoms with Gasteiger partial charge in [-0.15, -0.1) is 13.2 Å². The minimum absolute atomic E-state index is 0.0215. The molecule has 3 aromatic rings. The second-order valence-corrected chi connectivity index (χ2v) is 10.5. The molecule has 37 heavy (non-hydrogen) atoms. The SMILES string of the molecule is CCc1c(C(=O)N2CCOc3ccc(-c4ccc(OC(F)(F)F)cc4)cc3C2)ccc(S(C)(=O)=O)c1F. The van der Waals surface area contributed by atoms with Crippen LogP contribution in [0.15, 0.2) is 59.5 Å². The highest BCUT2D eigenvalue weighted by atomic mass is 32.2. The van der Waals surface area contributed by atoms with Gasteiger partial charge in [0.2, 0.25) is 0 Å². The Labute approximate surface area is 211 Å². The Hall–Kier alpha value is -3.60. The highest BCUT2D eigenvalue weighted by Gasteiger charge is 2.31. The van der Waals surface area contributed by atoms with Crippen molar-refractivity contribution in [3.05, 3.63) is 77.1 Å². The number of alkyl halides is 3. The number of benzene rings is 3. The van der Waals surface area contributed by atoms with Gasteiger partial charge in [-0.2, -0.15) is 0 Å². The molecule has 0 aromatic heterocycles. The first kappa shape index (κ1) is 26.5. The third-order valence-electron chi connectivity index (χ3n) is 5.94. The molecule has 4 rings (SSSR count). The third kappa shape index (κ3) is 5.87. The minimum Gasteiger partial charge on any atom is -0.491 e. The average Bonchev–Trinajstić information content (AvgIpc) is 3.04. The van der Waals surface area contributed by atoms with Crippen LogP contribution in [-0.4, -0.2) is 45.0 Å². The van der Waals surface area contributed by atoms with Crippen LogP contribution in [0.2, 0.25) is 0 Å². The number of amides is 1. The van der Waals surface area contributed by atoms with Gasteiger partial charge in [0.15, 0.2) is 9.84 Å². The number of carbonyl (C=O) groups is 1. The van der Waals surface area contributed by atoms with E-state index in [1.54, 1.807) is 25.1 Å². The van der Waals surface area contributed by atoms with Gasteiger partial charge in [0.05, 0.1) is 6.54 Å². The molecule has 0 N–H and O–H groups in total. The van der Waals surface area contributed by atoms with Crippen LogP contribution in [0.25, 0.3) is 11.1 Å². The monoisotopic (exact) mass is 537 g/mol. The molecule has 3 aromatic carbocycles. The molecular weight excluding hydrogens is 514 g/mol. The minimum atomic E-state index is -4.79. The number of ether oxygens (including phenoxy) is 2. The smallest absolute Gasteiger partial charge is 0.491 e. The quantitative estimate of drug-likeness (QED) is 0.408. The largest absolute Gasteiger partial charge is 0.573 e. The van der Waals surface area contributed by atoms with E-state index in [-0.39, 0.29) is 43.0 Å². The summed E-state index contributed by atoms with van der Waals surface area (Å²) in [6, 6.07) is 13.1. The van der Waals surface area contributed by atoms with Crippen LogP contribution in [0.5, 0.6) is 11.5 Å². The van der Waals surface area contributed by atoms with E-state index in [0.717, 1.165) is 12.3 Å². The van der Waals surface area contributed by atoms with Crippen molar-refractivity contribution in [2.75, 3.05) is 19.4 Å². The second kappa shape index (κ2) is 10.0. The van der Waals surface area contributed by atoms with Crippen molar-refractivity contribution in [2.45, 2.75) is 31.1 Å². The summed E-state index contributed by atoms with van der Waals surface area (Å²) in [7, 11) is -3.81. The van der Waals surface area contributed by atoms with Crippen LogP contribution < -0.4 is 9.47 Å². The molecule has 0 atom stereocenters. The predicted octanol–water partition coefficient (Wildman–Crippen LogP) is 5.39. The van der Waals surface area contributed by atoms with Crippen LogP contribution in [0.1, 0.15) is 28.4 Å². The lowest BCUT2D eigenvalue weighted by Crippen LogP contribution is -2.33. The third-order valence-corrected chi connectivity index (χ3v) is 7.05. The van der Waals surface area contributed by atoms with Gasteiger partial charge in [0.1, 0.15) is 28.8 Å². The number of halogens is 4. The summed E-state index contributed by atoms with van der Waals surface area (Å²) in [5.74, 6) is -1.19. The summed E-state index contributed by atoms with van der Waals surface area (Å²) in [5, 5.41) is 0. The van der Waals surface area contributed by atoms with Gasteiger partial charge >= 0.3 is 6.36 Å². The number of nitrogens with zero attached hydrogens (tertiary/aromatic N) is 1. The standard InChI is InChI=1S/C26H23F4NO5S/c1-3-20-21(9-11-23(24(20)27)37(2,33)34)25(32)31-12-13-35-22-10-6-17(14-18(22)15-31)16-4-7-19(8-5-16)36-26(28,29)30/h4-11,14H,3,12-13,15H2,1-2H3. The normalized spacial score (nSPS) is 13.9. The Morgan fingerprint density at radius 3 is 2.35 bits per heavy atom. The molecule has 0 saturated carbocycles. The van der Waals surface area contributed by atoms with E-state index in [1.165, 1.54) is 35.2 Å². The van der Waals surface area contributed by atoms with Crippen molar-refractivity contribution in [3.8, 4) is 22.6 Å². The molecule has 0 fully saturated rings. The maximum atomic E-state index is 15.0. The fourth-order valence-electron chi connectivity index (χ4n) is 4.20. The molecule has 1 heterocycles. The van der Waals surface area contributed by atoms with Gasteiger partial charge in [-0.3, -0.25) is 4.79 Å². The number of rotatable bonds is 5. The van der Waals surface area contributed by atoms with E-state index in [0.29, 0.717) is 22.4 Å². The first-order valence-corrected chi connectivity index (χ1v) is 13.2. The summed E-state index contributed by atoms with van der Waals surface area (Å²) in [4.78, 5) is 14.4. The topological polar surface area (TPSA) is 72.9 Å². The van der Waals surface area contributed by atoms with Gasteiger partial charge in [-0.05, 0) is 53.9 Å². The van der Waals surface area contributed by atoms with Crippen molar-refractivity contribution in [2.24, 2.45) is 0 Å². The first-order valence-electron chi connectivity index (χ1n) is 11.3. The van der Waals surface area contributed by atoms with Crippen LogP contribution in [0, 0.1) is 5.82 Å². The summed E-state index contributed by atoms with van der Waals surface area (Å²) < 4.78 is 85.8. The maximum absolute atomic E-state index is 15.0. The lowest BCUT2D eigenvalue weighted by Gasteiger charge is -2.22. The van der Waals surface area contributed by atoms with Crippen molar-refractivity contribution >= 4 is 15.7 Å². The van der Waals surface area contributed by atoms with E-state index in [1.807, 2.05) is 0 Å². The predicted molar refractivity (Wildman–Crippen MR) is 128 cm³/mol. The Morgan fingerprint density at radius 2 is 1.73 bits per heavy atom. The van der Waals surface area contributed by atoms with Crippen molar-refractivity contribution in [1.82, 2.24) is 4.90 Å². The molecule has 0 aliphatic carbocycles. The summed E-state index contributed by atoms with van der Waals surface area (Å²) in [6.07, 6.45) is -3.76. The molecule has 0 unspecified atom stereocenters. The van der Waals surface area contributed by atoms with Crippen molar-refractivity contribution in [1.29, 1.82) is 0 Å². The molecule has 1 aliphatic rings. The fourth-order valence-corrected chi connectivity index (χ4v) is 4.96. The van der Waals surface area contributed by atoms with E-state index < -0.39 is 32.8 Å². The average molecular weight is 538 g/mol. The number of hydrogen-bond acceptors (Lipinski definition) is 5. The van der Waals surface area contributed by atoms with Gasteiger partial charge in [-0.1, -0.05) is 25.1 Å². The van der Waals surface area contributed by atoms with Gasteiger partial charge in [-0.25, -0.2) is 12.8 Å². The van der Waals surface area contributed by atoms with E-state index >= 15 is 0 Å². The first-order chi connectivity index (χ1) is 17.4. The number of fused-ring (bicyclic) bond motifs is 1. The van der Waals surface area contributed by atoms with Crippen molar-refractivity contribution in [3.63, 3.8) is 0 Å². The molecule has 11 heteroatoms. The maximum Gasteiger partial charge on any atom is 0.573 e. The van der Waals surface area contributed by atoms with E-state index in [4.69, 9.17) is 4.74 Å². The Kier molecular flexibility index (Phi) is 7.18. The molecular formula is C26H23F4NO5S. The molecule has 0 saturated heterocycles. The molecule has 0 bridgehead atoms. The summed E-state index contributed by atoms with van der Waals surface area (Å²) >= 11 is 0. The summed E-state index contributed by atoms with van der Waals surface area (Å²) in [5.41, 5.74) is 2.07. The zero-order valence-corrected chi connectivity index (χ0v) is 20.7. The summed E-state index contributed by atoms with van der Waals surface area (Å²) in [6.45, 7) is 2.17. The Morgan fingerprint density at radius 1 is 1.05 bits per heavy atom. The number of sulfone groups is 1. The highest BCUT2D eigenvalue weighted by molar-refractivity contribution is 7.90. The molecule has 1 amide bonds. The fraction of sp³-hybridized carbons (Fsp3) is 0.269. The van der Waals surface area contributed by atoms with Gasteiger partial charge in [0, 0.05) is 29.5 Å². The highest BCUT2D eigenvalue weighted by Crippen LogP contribution is 2.32. The number of carbonyl (C=O) groups excluding carboxylic acids is 1. The zero-order chi connectivity index (χ0) is 27.0. The van der Waals surface area contributed by atoms with Crippen LogP contribution in [0.3, 0.4) is 0 Å². The Balaban J connectivity index is 1.62. The second-order valence-electron chi connectivity index (χ2n) is 8.50. The zero-order valence-electron chi connectivity index (χ0n) is 19.9. The lowest BCUT2D eigenvalue weighted by molar-refractivity contribution is -0.274. The molecule has 6 nitrogen and oxygen atoms in total. The van der Waals surface area contributed by atoms with Gasteiger partial charge < -0.3 is 14.4 Å². The van der Waals surface area contributed by atoms with Crippen molar-refractivity contribution < 1.29 is 40.2 Å². The number of hydrogen-bond donors (Lipinski definition) is 0. The van der Waals surface area contributed by atoms with E-state index in [2.05, 4.69) is 4.74 Å². The van der Waals surface area contributed by atoms with Gasteiger partial charge in [0.25, 0.3) is 5.91 Å². The molecule has 1 aliphatic heterocycles. The Bertz CT molecular complexity index is 1440. The van der Waals surface area contributed by atoms with E-state index in [9.17, 15) is 30.8 Å².